The highest BCUT2D eigenvalue weighted by atomic mass is 32.1. The molecule has 0 spiro atoms. The Morgan fingerprint density at radius 1 is 0.971 bits per heavy atom. The Labute approximate surface area is 205 Å². The van der Waals surface area contributed by atoms with E-state index in [1.54, 1.807) is 0 Å². The van der Waals surface area contributed by atoms with Gasteiger partial charge in [-0.05, 0) is 90.1 Å². The summed E-state index contributed by atoms with van der Waals surface area (Å²) in [7, 11) is 0. The van der Waals surface area contributed by atoms with Gasteiger partial charge in [0.1, 0.15) is 5.52 Å². The lowest BCUT2D eigenvalue weighted by Crippen LogP contribution is -2.34. The topological polar surface area (TPSA) is 67.2 Å². The van der Waals surface area contributed by atoms with Gasteiger partial charge >= 0.3 is 0 Å². The molecule has 0 unspecified atom stereocenters. The van der Waals surface area contributed by atoms with Crippen LogP contribution in [0.4, 0.5) is 5.69 Å². The average Bonchev–Trinajstić information content (AvgIpc) is 3.27. The van der Waals surface area contributed by atoms with Crippen LogP contribution < -0.4 is 10.6 Å². The van der Waals surface area contributed by atoms with Crippen molar-refractivity contribution in [2.75, 3.05) is 5.32 Å². The summed E-state index contributed by atoms with van der Waals surface area (Å²) in [5.74, 6) is 1.23. The Bertz CT molecular complexity index is 1310. The third-order valence-electron chi connectivity index (χ3n) is 6.05. The van der Waals surface area contributed by atoms with Gasteiger partial charge in [-0.1, -0.05) is 45.9 Å². The fourth-order valence-corrected chi connectivity index (χ4v) is 3.87. The van der Waals surface area contributed by atoms with Crippen molar-refractivity contribution in [3.05, 3.63) is 83.4 Å². The van der Waals surface area contributed by atoms with Crippen molar-refractivity contribution in [2.24, 2.45) is 0 Å². The molecule has 2 N–H and O–H groups in total. The number of oxazole rings is 1. The summed E-state index contributed by atoms with van der Waals surface area (Å²) in [6, 6.07) is 21.3. The van der Waals surface area contributed by atoms with Gasteiger partial charge in [-0.3, -0.25) is 10.1 Å². The minimum absolute atomic E-state index is 0.241. The third-order valence-corrected chi connectivity index (χ3v) is 6.25. The minimum atomic E-state index is -0.243. The summed E-state index contributed by atoms with van der Waals surface area (Å²) < 4.78 is 5.95. The number of hydrogen-bond donors (Lipinski definition) is 2. The quantitative estimate of drug-likeness (QED) is 0.290. The fourth-order valence-electron chi connectivity index (χ4n) is 3.66. The zero-order valence-electron chi connectivity index (χ0n) is 19.9. The normalized spacial score (nSPS) is 12.0. The molecule has 0 aliphatic carbocycles. The Morgan fingerprint density at radius 3 is 2.29 bits per heavy atom. The summed E-state index contributed by atoms with van der Waals surface area (Å²) in [6.45, 7) is 8.63. The Hall–Kier alpha value is -3.51. The number of nitrogens with zero attached hydrogens (tertiary/aromatic N) is 1. The smallest absolute Gasteiger partial charge is 0.257 e. The molecular formula is C28H29N3O2S. The lowest BCUT2D eigenvalue weighted by Gasteiger charge is -2.11. The highest BCUT2D eigenvalue weighted by Crippen LogP contribution is 2.28. The Morgan fingerprint density at radius 2 is 1.65 bits per heavy atom. The van der Waals surface area contributed by atoms with Crippen LogP contribution in [-0.2, 0) is 0 Å². The van der Waals surface area contributed by atoms with Crippen molar-refractivity contribution in [3.8, 4) is 11.5 Å². The maximum Gasteiger partial charge on any atom is 0.257 e. The van der Waals surface area contributed by atoms with Crippen LogP contribution in [0.1, 0.15) is 67.4 Å². The van der Waals surface area contributed by atoms with E-state index in [2.05, 4.69) is 55.4 Å². The first-order valence-corrected chi connectivity index (χ1v) is 12.0. The maximum absolute atomic E-state index is 12.5. The van der Waals surface area contributed by atoms with E-state index < -0.39 is 0 Å². The minimum Gasteiger partial charge on any atom is -0.436 e. The van der Waals surface area contributed by atoms with Crippen molar-refractivity contribution in [1.82, 2.24) is 10.3 Å². The molecule has 174 valence electrons. The van der Waals surface area contributed by atoms with Crippen molar-refractivity contribution in [3.63, 3.8) is 0 Å². The summed E-state index contributed by atoms with van der Waals surface area (Å²) in [6.07, 6.45) is 1.08. The number of amides is 1. The number of aromatic nitrogens is 1. The van der Waals surface area contributed by atoms with Gasteiger partial charge in [0, 0.05) is 16.8 Å². The SMILES string of the molecule is CC[C@@H](C)c1ccc2oc(-c3ccc(NC(=S)NC(=O)c4ccc(C(C)C)cc4)cc3)nc2c1. The van der Waals surface area contributed by atoms with Gasteiger partial charge in [-0.15, -0.1) is 0 Å². The fraction of sp³-hybridized carbons (Fsp3) is 0.250. The molecule has 34 heavy (non-hydrogen) atoms. The average molecular weight is 472 g/mol. The molecule has 0 aliphatic heterocycles. The molecule has 0 fully saturated rings. The monoisotopic (exact) mass is 471 g/mol. The number of thiocarbonyl (C=S) groups is 1. The number of carbonyl (C=O) groups excluding carboxylic acids is 1. The lowest BCUT2D eigenvalue weighted by atomic mass is 9.98. The van der Waals surface area contributed by atoms with Crippen LogP contribution in [0.25, 0.3) is 22.6 Å². The highest BCUT2D eigenvalue weighted by molar-refractivity contribution is 7.80. The highest BCUT2D eigenvalue weighted by Gasteiger charge is 2.12. The van der Waals surface area contributed by atoms with Gasteiger partial charge < -0.3 is 9.73 Å². The second-order valence-electron chi connectivity index (χ2n) is 8.82. The van der Waals surface area contributed by atoms with Gasteiger partial charge in [0.25, 0.3) is 5.91 Å². The number of anilines is 1. The molecule has 1 aromatic heterocycles. The molecule has 1 atom stereocenters. The number of benzene rings is 3. The van der Waals surface area contributed by atoms with E-state index in [1.807, 2.05) is 54.6 Å². The molecule has 0 saturated carbocycles. The zero-order valence-corrected chi connectivity index (χ0v) is 20.7. The number of rotatable bonds is 6. The first-order valence-electron chi connectivity index (χ1n) is 11.6. The second kappa shape index (κ2) is 10.2. The van der Waals surface area contributed by atoms with Crippen LogP contribution in [0.3, 0.4) is 0 Å². The molecular weight excluding hydrogens is 442 g/mol. The van der Waals surface area contributed by atoms with Crippen molar-refractivity contribution in [1.29, 1.82) is 0 Å². The summed E-state index contributed by atoms with van der Waals surface area (Å²) in [4.78, 5) is 17.1. The first-order chi connectivity index (χ1) is 16.3. The van der Waals surface area contributed by atoms with E-state index in [-0.39, 0.29) is 11.0 Å². The molecule has 0 bridgehead atoms. The van der Waals surface area contributed by atoms with Crippen molar-refractivity contribution >= 4 is 40.0 Å². The van der Waals surface area contributed by atoms with E-state index in [0.717, 1.165) is 28.8 Å². The van der Waals surface area contributed by atoms with Crippen LogP contribution in [0.5, 0.6) is 0 Å². The van der Waals surface area contributed by atoms with Gasteiger partial charge in [0.05, 0.1) is 0 Å². The molecule has 4 rings (SSSR count). The zero-order chi connectivity index (χ0) is 24.2. The summed E-state index contributed by atoms with van der Waals surface area (Å²) in [5, 5.41) is 6.02. The molecule has 0 aliphatic rings. The number of fused-ring (bicyclic) bond motifs is 1. The molecule has 0 radical (unpaired) electrons. The molecule has 4 aromatic rings. The second-order valence-corrected chi connectivity index (χ2v) is 9.23. The number of hydrogen-bond acceptors (Lipinski definition) is 4. The van der Waals surface area contributed by atoms with Crippen LogP contribution in [0.2, 0.25) is 0 Å². The molecule has 1 amide bonds. The summed E-state index contributed by atoms with van der Waals surface area (Å²) >= 11 is 5.32. The van der Waals surface area contributed by atoms with Gasteiger partial charge in [0.15, 0.2) is 10.7 Å². The van der Waals surface area contributed by atoms with Crippen LogP contribution >= 0.6 is 12.2 Å². The maximum atomic E-state index is 12.5. The molecule has 1 heterocycles. The first kappa shape index (κ1) is 23.6. The van der Waals surface area contributed by atoms with Crippen molar-refractivity contribution in [2.45, 2.75) is 46.0 Å². The van der Waals surface area contributed by atoms with Gasteiger partial charge in [0.2, 0.25) is 5.89 Å². The van der Waals surface area contributed by atoms with Crippen molar-refractivity contribution < 1.29 is 9.21 Å². The Balaban J connectivity index is 1.40. The third kappa shape index (κ3) is 5.34. The van der Waals surface area contributed by atoms with E-state index in [1.165, 1.54) is 11.1 Å². The number of carbonyl (C=O) groups is 1. The largest absolute Gasteiger partial charge is 0.436 e. The standard InChI is InChI=1S/C28H29N3O2S/c1-5-18(4)22-12-15-25-24(16-22)30-27(33-25)21-10-13-23(14-11-21)29-28(34)31-26(32)20-8-6-19(7-9-20)17(2)3/h6-18H,5H2,1-4H3,(H2,29,31,32,34)/t18-/m1/s1. The predicted molar refractivity (Wildman–Crippen MR) is 142 cm³/mol. The molecule has 6 heteroatoms. The Kier molecular flexibility index (Phi) is 7.08. The van der Waals surface area contributed by atoms with Crippen LogP contribution in [0, 0.1) is 0 Å². The van der Waals surface area contributed by atoms with Crippen LogP contribution in [0.15, 0.2) is 71.1 Å². The van der Waals surface area contributed by atoms with Crippen LogP contribution in [-0.4, -0.2) is 16.0 Å². The predicted octanol–water partition coefficient (Wildman–Crippen LogP) is 7.26. The van der Waals surface area contributed by atoms with E-state index in [4.69, 9.17) is 16.6 Å². The molecule has 0 saturated heterocycles. The van der Waals surface area contributed by atoms with Gasteiger partial charge in [-0.2, -0.15) is 0 Å². The summed E-state index contributed by atoms with van der Waals surface area (Å²) in [5.41, 5.74) is 6.28. The lowest BCUT2D eigenvalue weighted by molar-refractivity contribution is 0.0977. The van der Waals surface area contributed by atoms with Gasteiger partial charge in [-0.25, -0.2) is 4.98 Å². The number of nitrogens with one attached hydrogen (secondary N) is 2. The van der Waals surface area contributed by atoms with E-state index >= 15 is 0 Å². The van der Waals surface area contributed by atoms with E-state index in [0.29, 0.717) is 23.3 Å². The molecule has 5 nitrogen and oxygen atoms in total. The molecule has 3 aromatic carbocycles. The van der Waals surface area contributed by atoms with E-state index in [9.17, 15) is 4.79 Å².